The summed E-state index contributed by atoms with van der Waals surface area (Å²) in [6, 6.07) is 8.99. The SMILES string of the molecule is CCOc1cc(O)ccc1C(=O)C=Cc1ccc(O)cc1OC. The van der Waals surface area contributed by atoms with Crippen molar-refractivity contribution in [1.82, 2.24) is 0 Å². The predicted molar refractivity (Wildman–Crippen MR) is 87.3 cm³/mol. The van der Waals surface area contributed by atoms with Crippen LogP contribution in [0.1, 0.15) is 22.8 Å². The second-order valence-electron chi connectivity index (χ2n) is 4.74. The third-order valence-corrected chi connectivity index (χ3v) is 3.16. The summed E-state index contributed by atoms with van der Waals surface area (Å²) in [7, 11) is 1.49. The van der Waals surface area contributed by atoms with Crippen LogP contribution in [0.3, 0.4) is 0 Å². The number of phenols is 2. The molecule has 0 aliphatic rings. The van der Waals surface area contributed by atoms with Gasteiger partial charge in [0, 0.05) is 17.7 Å². The lowest BCUT2D eigenvalue weighted by Gasteiger charge is -2.08. The summed E-state index contributed by atoms with van der Waals surface area (Å²) in [5, 5.41) is 18.9. The van der Waals surface area contributed by atoms with Gasteiger partial charge in [-0.3, -0.25) is 4.79 Å². The minimum absolute atomic E-state index is 0.0363. The van der Waals surface area contributed by atoms with E-state index in [-0.39, 0.29) is 17.3 Å². The number of hydrogen-bond acceptors (Lipinski definition) is 5. The van der Waals surface area contributed by atoms with Gasteiger partial charge in [-0.15, -0.1) is 0 Å². The molecule has 0 aliphatic heterocycles. The number of phenolic OH excluding ortho intramolecular Hbond substituents is 2. The van der Waals surface area contributed by atoms with E-state index in [9.17, 15) is 15.0 Å². The van der Waals surface area contributed by atoms with E-state index in [0.29, 0.717) is 29.2 Å². The Balaban J connectivity index is 2.29. The van der Waals surface area contributed by atoms with Crippen LogP contribution in [0.4, 0.5) is 0 Å². The fourth-order valence-corrected chi connectivity index (χ4v) is 2.08. The molecule has 0 aromatic heterocycles. The van der Waals surface area contributed by atoms with Crippen molar-refractivity contribution in [3.05, 3.63) is 53.6 Å². The third kappa shape index (κ3) is 4.03. The molecule has 0 saturated heterocycles. The molecule has 0 aliphatic carbocycles. The first-order valence-electron chi connectivity index (χ1n) is 7.10. The molecule has 0 amide bonds. The van der Waals surface area contributed by atoms with Gasteiger partial charge in [-0.1, -0.05) is 0 Å². The zero-order valence-electron chi connectivity index (χ0n) is 12.9. The Kier molecular flexibility index (Phi) is 5.25. The molecule has 23 heavy (non-hydrogen) atoms. The van der Waals surface area contributed by atoms with E-state index in [2.05, 4.69) is 0 Å². The first-order valence-corrected chi connectivity index (χ1v) is 7.10. The molecule has 0 spiro atoms. The topological polar surface area (TPSA) is 76.0 Å². The molecule has 2 N–H and O–H groups in total. The first kappa shape index (κ1) is 16.4. The molecule has 0 fully saturated rings. The smallest absolute Gasteiger partial charge is 0.189 e. The molecule has 2 rings (SSSR count). The largest absolute Gasteiger partial charge is 0.508 e. The van der Waals surface area contributed by atoms with Crippen molar-refractivity contribution in [2.24, 2.45) is 0 Å². The van der Waals surface area contributed by atoms with Crippen LogP contribution < -0.4 is 9.47 Å². The Morgan fingerprint density at radius 1 is 1.09 bits per heavy atom. The van der Waals surface area contributed by atoms with E-state index in [1.807, 2.05) is 0 Å². The van der Waals surface area contributed by atoms with Gasteiger partial charge >= 0.3 is 0 Å². The van der Waals surface area contributed by atoms with Gasteiger partial charge in [-0.25, -0.2) is 0 Å². The van der Waals surface area contributed by atoms with Gasteiger partial charge in [-0.2, -0.15) is 0 Å². The number of carbonyl (C=O) groups excluding carboxylic acids is 1. The van der Waals surface area contributed by atoms with Crippen LogP contribution >= 0.6 is 0 Å². The van der Waals surface area contributed by atoms with Crippen LogP contribution in [0.5, 0.6) is 23.0 Å². The Labute approximate surface area is 134 Å². The van der Waals surface area contributed by atoms with Crippen LogP contribution in [-0.2, 0) is 0 Å². The lowest BCUT2D eigenvalue weighted by Crippen LogP contribution is -2.01. The maximum atomic E-state index is 12.4. The van der Waals surface area contributed by atoms with Crippen molar-refractivity contribution in [2.75, 3.05) is 13.7 Å². The van der Waals surface area contributed by atoms with E-state index in [1.165, 1.54) is 43.5 Å². The maximum Gasteiger partial charge on any atom is 0.189 e. The minimum Gasteiger partial charge on any atom is -0.508 e. The van der Waals surface area contributed by atoms with Crippen LogP contribution in [0.2, 0.25) is 0 Å². The first-order chi connectivity index (χ1) is 11.0. The quantitative estimate of drug-likeness (QED) is 0.631. The lowest BCUT2D eigenvalue weighted by atomic mass is 10.1. The lowest BCUT2D eigenvalue weighted by molar-refractivity contribution is 0.104. The van der Waals surface area contributed by atoms with Crippen molar-refractivity contribution < 1.29 is 24.5 Å². The molecule has 5 heteroatoms. The van der Waals surface area contributed by atoms with Gasteiger partial charge in [0.2, 0.25) is 0 Å². The van der Waals surface area contributed by atoms with Crippen molar-refractivity contribution in [2.45, 2.75) is 6.92 Å². The number of aromatic hydroxyl groups is 2. The van der Waals surface area contributed by atoms with Gasteiger partial charge in [0.15, 0.2) is 5.78 Å². The number of hydrogen-bond donors (Lipinski definition) is 2. The standard InChI is InChI=1S/C18H18O5/c1-3-23-18-11-14(20)7-8-15(18)16(21)9-5-12-4-6-13(19)10-17(12)22-2/h4-11,19-20H,3H2,1-2H3. The Morgan fingerprint density at radius 2 is 1.74 bits per heavy atom. The van der Waals surface area contributed by atoms with Crippen LogP contribution in [0.15, 0.2) is 42.5 Å². The van der Waals surface area contributed by atoms with Gasteiger partial charge in [-0.05, 0) is 43.3 Å². The number of methoxy groups -OCH3 is 1. The highest BCUT2D eigenvalue weighted by atomic mass is 16.5. The van der Waals surface area contributed by atoms with Crippen LogP contribution in [0, 0.1) is 0 Å². The van der Waals surface area contributed by atoms with Crippen molar-refractivity contribution in [3.8, 4) is 23.0 Å². The monoisotopic (exact) mass is 314 g/mol. The zero-order valence-corrected chi connectivity index (χ0v) is 12.9. The van der Waals surface area contributed by atoms with E-state index in [0.717, 1.165) is 0 Å². The molecule has 2 aromatic rings. The summed E-state index contributed by atoms with van der Waals surface area (Å²) in [5.41, 5.74) is 1.02. The zero-order chi connectivity index (χ0) is 16.8. The van der Waals surface area contributed by atoms with Crippen LogP contribution in [0.25, 0.3) is 6.08 Å². The fourth-order valence-electron chi connectivity index (χ4n) is 2.08. The normalized spacial score (nSPS) is 10.7. The summed E-state index contributed by atoms with van der Waals surface area (Å²) in [5.74, 6) is 0.657. The maximum absolute atomic E-state index is 12.4. The second-order valence-corrected chi connectivity index (χ2v) is 4.74. The number of benzene rings is 2. The average Bonchev–Trinajstić information content (AvgIpc) is 2.53. The van der Waals surface area contributed by atoms with Gasteiger partial charge in [0.25, 0.3) is 0 Å². The van der Waals surface area contributed by atoms with Crippen molar-refractivity contribution >= 4 is 11.9 Å². The van der Waals surface area contributed by atoms with E-state index in [4.69, 9.17) is 9.47 Å². The molecule has 5 nitrogen and oxygen atoms in total. The minimum atomic E-state index is -0.261. The molecule has 0 atom stereocenters. The van der Waals surface area contributed by atoms with E-state index in [1.54, 1.807) is 19.1 Å². The molecule has 0 radical (unpaired) electrons. The summed E-state index contributed by atoms with van der Waals surface area (Å²) in [6.07, 6.45) is 2.99. The Hall–Kier alpha value is -2.95. The fraction of sp³-hybridized carbons (Fsp3) is 0.167. The van der Waals surface area contributed by atoms with Gasteiger partial charge < -0.3 is 19.7 Å². The molecule has 2 aromatic carbocycles. The number of ketones is 1. The number of allylic oxidation sites excluding steroid dienone is 1. The number of rotatable bonds is 6. The van der Waals surface area contributed by atoms with Crippen molar-refractivity contribution in [3.63, 3.8) is 0 Å². The highest BCUT2D eigenvalue weighted by molar-refractivity contribution is 6.08. The number of carbonyl (C=O) groups is 1. The summed E-state index contributed by atoms with van der Waals surface area (Å²) in [4.78, 5) is 12.4. The average molecular weight is 314 g/mol. The summed E-state index contributed by atoms with van der Waals surface area (Å²) in [6.45, 7) is 2.19. The molecule has 0 unspecified atom stereocenters. The molecule has 120 valence electrons. The highest BCUT2D eigenvalue weighted by Crippen LogP contribution is 2.27. The second kappa shape index (κ2) is 7.35. The predicted octanol–water partition coefficient (Wildman–Crippen LogP) is 3.40. The summed E-state index contributed by atoms with van der Waals surface area (Å²) < 4.78 is 10.5. The van der Waals surface area contributed by atoms with Gasteiger partial charge in [0.1, 0.15) is 23.0 Å². The van der Waals surface area contributed by atoms with Crippen molar-refractivity contribution in [1.29, 1.82) is 0 Å². The van der Waals surface area contributed by atoms with Crippen LogP contribution in [-0.4, -0.2) is 29.7 Å². The Morgan fingerprint density at radius 3 is 2.39 bits per heavy atom. The molecule has 0 heterocycles. The molecular formula is C18H18O5. The summed E-state index contributed by atoms with van der Waals surface area (Å²) >= 11 is 0. The van der Waals surface area contributed by atoms with E-state index < -0.39 is 0 Å². The molecule has 0 bridgehead atoms. The van der Waals surface area contributed by atoms with E-state index >= 15 is 0 Å². The third-order valence-electron chi connectivity index (χ3n) is 3.16. The highest BCUT2D eigenvalue weighted by Gasteiger charge is 2.11. The number of ether oxygens (including phenoxy) is 2. The molecular weight excluding hydrogens is 296 g/mol. The molecule has 0 saturated carbocycles. The van der Waals surface area contributed by atoms with Gasteiger partial charge in [0.05, 0.1) is 19.3 Å². The Bertz CT molecular complexity index is 734.